The molecule has 0 radical (unpaired) electrons. The first-order valence-electron chi connectivity index (χ1n) is 7.78. The van der Waals surface area contributed by atoms with Crippen molar-refractivity contribution in [3.63, 3.8) is 0 Å². The highest BCUT2D eigenvalue weighted by atomic mass is 19.3. The number of hydrogen-bond acceptors (Lipinski definition) is 3. The Kier molecular flexibility index (Phi) is 6.28. The van der Waals surface area contributed by atoms with Gasteiger partial charge in [0.25, 0.3) is 0 Å². The number of benzene rings is 1. The Hall–Kier alpha value is -2.44. The van der Waals surface area contributed by atoms with E-state index in [1.807, 2.05) is 0 Å². The lowest BCUT2D eigenvalue weighted by atomic mass is 9.99. The quantitative estimate of drug-likeness (QED) is 0.810. The molecule has 7 heteroatoms. The summed E-state index contributed by atoms with van der Waals surface area (Å²) in [5, 5.41) is 0. The Morgan fingerprint density at radius 2 is 2.08 bits per heavy atom. The average molecular weight is 338 g/mol. The van der Waals surface area contributed by atoms with Crippen LogP contribution in [0, 0.1) is 0 Å². The van der Waals surface area contributed by atoms with E-state index in [0.717, 1.165) is 19.3 Å². The molecule has 1 saturated heterocycles. The van der Waals surface area contributed by atoms with Gasteiger partial charge in [-0.3, -0.25) is 9.59 Å². The zero-order valence-corrected chi connectivity index (χ0v) is 13.2. The predicted octanol–water partition coefficient (Wildman–Crippen LogP) is 2.56. The number of piperidine rings is 1. The standard InChI is InChI=1S/C17H20F2N2O3/c18-17(19)24-14-7-2-1-5-12(14)8-9-16(23)21-10-4-3-6-13(21)11-15(20)22/h1-2,5,7-9,13,17H,3-4,6,10-11H2,(H2,20,22)/b9-8+/t13-/m1/s1. The molecule has 1 aromatic carbocycles. The van der Waals surface area contributed by atoms with Gasteiger partial charge in [-0.05, 0) is 31.4 Å². The highest BCUT2D eigenvalue weighted by Gasteiger charge is 2.26. The van der Waals surface area contributed by atoms with Gasteiger partial charge in [-0.2, -0.15) is 8.78 Å². The highest BCUT2D eigenvalue weighted by molar-refractivity contribution is 5.92. The monoisotopic (exact) mass is 338 g/mol. The summed E-state index contributed by atoms with van der Waals surface area (Å²) in [4.78, 5) is 25.1. The van der Waals surface area contributed by atoms with E-state index in [2.05, 4.69) is 4.74 Å². The summed E-state index contributed by atoms with van der Waals surface area (Å²) < 4.78 is 29.2. The van der Waals surface area contributed by atoms with Crippen molar-refractivity contribution < 1.29 is 23.1 Å². The number of halogens is 2. The second-order valence-electron chi connectivity index (χ2n) is 5.60. The van der Waals surface area contributed by atoms with Crippen molar-refractivity contribution in [1.82, 2.24) is 4.90 Å². The molecule has 0 saturated carbocycles. The lowest BCUT2D eigenvalue weighted by Crippen LogP contribution is -2.44. The Bertz CT molecular complexity index is 620. The topological polar surface area (TPSA) is 72.6 Å². The van der Waals surface area contributed by atoms with Gasteiger partial charge in [0.1, 0.15) is 5.75 Å². The number of nitrogens with two attached hydrogens (primary N) is 1. The summed E-state index contributed by atoms with van der Waals surface area (Å²) in [6, 6.07) is 6.02. The third kappa shape index (κ3) is 5.04. The van der Waals surface area contributed by atoms with Crippen LogP contribution in [0.1, 0.15) is 31.2 Å². The van der Waals surface area contributed by atoms with Crippen molar-refractivity contribution in [3.8, 4) is 5.75 Å². The van der Waals surface area contributed by atoms with Gasteiger partial charge in [0.05, 0.1) is 0 Å². The van der Waals surface area contributed by atoms with Crippen LogP contribution in [-0.2, 0) is 9.59 Å². The van der Waals surface area contributed by atoms with Gasteiger partial charge in [0.2, 0.25) is 11.8 Å². The van der Waals surface area contributed by atoms with Crippen molar-refractivity contribution in [3.05, 3.63) is 35.9 Å². The molecule has 2 N–H and O–H groups in total. The summed E-state index contributed by atoms with van der Waals surface area (Å²) in [7, 11) is 0. The minimum absolute atomic E-state index is 0.00359. The molecule has 1 fully saturated rings. The summed E-state index contributed by atoms with van der Waals surface area (Å²) in [5.74, 6) is -0.712. The molecule has 0 aliphatic carbocycles. The van der Waals surface area contributed by atoms with E-state index in [1.165, 1.54) is 18.2 Å². The van der Waals surface area contributed by atoms with Crippen molar-refractivity contribution in [2.45, 2.75) is 38.3 Å². The predicted molar refractivity (Wildman–Crippen MR) is 85.3 cm³/mol. The molecule has 5 nitrogen and oxygen atoms in total. The van der Waals surface area contributed by atoms with Crippen molar-refractivity contribution in [1.29, 1.82) is 0 Å². The third-order valence-electron chi connectivity index (χ3n) is 3.89. The number of para-hydroxylation sites is 1. The van der Waals surface area contributed by atoms with E-state index in [9.17, 15) is 18.4 Å². The molecule has 1 aliphatic heterocycles. The molecule has 1 aliphatic rings. The lowest BCUT2D eigenvalue weighted by Gasteiger charge is -2.34. The largest absolute Gasteiger partial charge is 0.434 e. The van der Waals surface area contributed by atoms with Crippen LogP contribution < -0.4 is 10.5 Å². The van der Waals surface area contributed by atoms with Crippen molar-refractivity contribution >= 4 is 17.9 Å². The van der Waals surface area contributed by atoms with Crippen LogP contribution in [-0.4, -0.2) is 35.9 Å². The molecular weight excluding hydrogens is 318 g/mol. The van der Waals surface area contributed by atoms with E-state index < -0.39 is 12.5 Å². The van der Waals surface area contributed by atoms with Crippen molar-refractivity contribution in [2.24, 2.45) is 5.73 Å². The molecule has 2 rings (SSSR count). The first-order valence-corrected chi connectivity index (χ1v) is 7.78. The molecular formula is C17H20F2N2O3. The van der Waals surface area contributed by atoms with E-state index >= 15 is 0 Å². The summed E-state index contributed by atoms with van der Waals surface area (Å²) >= 11 is 0. The number of hydrogen-bond donors (Lipinski definition) is 1. The number of ether oxygens (including phenoxy) is 1. The zero-order chi connectivity index (χ0) is 17.5. The number of rotatable bonds is 6. The fourth-order valence-electron chi connectivity index (χ4n) is 2.81. The second kappa shape index (κ2) is 8.42. The van der Waals surface area contributed by atoms with Crippen LogP contribution in [0.2, 0.25) is 0 Å². The lowest BCUT2D eigenvalue weighted by molar-refractivity contribution is -0.130. The SMILES string of the molecule is NC(=O)C[C@H]1CCCCN1C(=O)/C=C/c1ccccc1OC(F)F. The molecule has 24 heavy (non-hydrogen) atoms. The summed E-state index contributed by atoms with van der Waals surface area (Å²) in [5.41, 5.74) is 5.62. The van der Waals surface area contributed by atoms with Gasteiger partial charge in [-0.1, -0.05) is 18.2 Å². The molecule has 0 aromatic heterocycles. The first kappa shape index (κ1) is 17.9. The molecule has 1 atom stereocenters. The van der Waals surface area contributed by atoms with Gasteiger partial charge < -0.3 is 15.4 Å². The molecule has 2 amide bonds. The van der Waals surface area contributed by atoms with E-state index in [1.54, 1.807) is 23.1 Å². The maximum absolute atomic E-state index is 12.4. The molecule has 0 unspecified atom stereocenters. The smallest absolute Gasteiger partial charge is 0.387 e. The molecule has 0 spiro atoms. The van der Waals surface area contributed by atoms with Gasteiger partial charge in [-0.25, -0.2) is 0 Å². The minimum Gasteiger partial charge on any atom is -0.434 e. The number of carbonyl (C=O) groups is 2. The first-order chi connectivity index (χ1) is 11.5. The van der Waals surface area contributed by atoms with Gasteiger partial charge in [0.15, 0.2) is 0 Å². The van der Waals surface area contributed by atoms with E-state index in [-0.39, 0.29) is 24.1 Å². The Morgan fingerprint density at radius 3 is 2.79 bits per heavy atom. The maximum atomic E-state index is 12.4. The molecule has 1 aromatic rings. The third-order valence-corrected chi connectivity index (χ3v) is 3.89. The van der Waals surface area contributed by atoms with Crippen molar-refractivity contribution in [2.75, 3.05) is 6.54 Å². The Labute approximate surface area is 139 Å². The number of likely N-dealkylation sites (tertiary alicyclic amines) is 1. The number of primary amides is 1. The normalized spacial score (nSPS) is 18.1. The van der Waals surface area contributed by atoms with E-state index in [0.29, 0.717) is 12.1 Å². The van der Waals surface area contributed by atoms with E-state index in [4.69, 9.17) is 5.73 Å². The summed E-state index contributed by atoms with van der Waals surface area (Å²) in [6.07, 6.45) is 5.41. The Balaban J connectivity index is 2.10. The molecule has 0 bridgehead atoms. The van der Waals surface area contributed by atoms with Crippen LogP contribution in [0.4, 0.5) is 8.78 Å². The van der Waals surface area contributed by atoms with Crippen LogP contribution in [0.25, 0.3) is 6.08 Å². The molecule has 1 heterocycles. The zero-order valence-electron chi connectivity index (χ0n) is 13.2. The number of amides is 2. The van der Waals surface area contributed by atoms with Crippen LogP contribution in [0.15, 0.2) is 30.3 Å². The highest BCUT2D eigenvalue weighted by Crippen LogP contribution is 2.23. The number of alkyl halides is 2. The maximum Gasteiger partial charge on any atom is 0.387 e. The van der Waals surface area contributed by atoms with Gasteiger partial charge in [0, 0.05) is 30.6 Å². The van der Waals surface area contributed by atoms with Gasteiger partial charge >= 0.3 is 6.61 Å². The number of carbonyl (C=O) groups excluding carboxylic acids is 2. The second-order valence-corrected chi connectivity index (χ2v) is 5.60. The fraction of sp³-hybridized carbons (Fsp3) is 0.412. The minimum atomic E-state index is -2.93. The van der Waals surface area contributed by atoms with Gasteiger partial charge in [-0.15, -0.1) is 0 Å². The average Bonchev–Trinajstić information content (AvgIpc) is 2.53. The van der Waals surface area contributed by atoms with Crippen LogP contribution in [0.5, 0.6) is 5.75 Å². The van der Waals surface area contributed by atoms with Crippen LogP contribution in [0.3, 0.4) is 0 Å². The fourth-order valence-corrected chi connectivity index (χ4v) is 2.81. The van der Waals surface area contributed by atoms with Crippen LogP contribution >= 0.6 is 0 Å². The summed E-state index contributed by atoms with van der Waals surface area (Å²) in [6.45, 7) is -2.38. The number of nitrogens with zero attached hydrogens (tertiary/aromatic N) is 1. The Morgan fingerprint density at radius 1 is 1.33 bits per heavy atom. The molecule has 130 valence electrons.